The Labute approximate surface area is 229 Å². The van der Waals surface area contributed by atoms with Crippen LogP contribution in [0.1, 0.15) is 56.9 Å². The van der Waals surface area contributed by atoms with Crippen LogP contribution in [0.25, 0.3) is 22.5 Å². The largest absolute Gasteiger partial charge is 0.496 e. The maximum absolute atomic E-state index is 13.2. The molecular weight excluding hydrogens is 488 g/mol. The summed E-state index contributed by atoms with van der Waals surface area (Å²) >= 11 is 0. The van der Waals surface area contributed by atoms with E-state index in [2.05, 4.69) is 41.3 Å². The number of amides is 2. The van der Waals surface area contributed by atoms with E-state index in [0.717, 1.165) is 65.9 Å². The lowest BCUT2D eigenvalue weighted by molar-refractivity contribution is 0.0724. The number of hydrogen-bond donors (Lipinski definition) is 2. The highest BCUT2D eigenvalue weighted by Crippen LogP contribution is 2.37. The van der Waals surface area contributed by atoms with E-state index in [9.17, 15) is 9.59 Å². The third-order valence-corrected chi connectivity index (χ3v) is 7.33. The van der Waals surface area contributed by atoms with Crippen molar-refractivity contribution in [2.24, 2.45) is 0 Å². The lowest BCUT2D eigenvalue weighted by Crippen LogP contribution is -2.35. The molecule has 3 aromatic carbocycles. The Morgan fingerprint density at radius 3 is 2.36 bits per heavy atom. The minimum absolute atomic E-state index is 0.00300. The zero-order chi connectivity index (χ0) is 27.5. The molecule has 2 N–H and O–H groups in total. The summed E-state index contributed by atoms with van der Waals surface area (Å²) in [5, 5.41) is 2.92. The topological polar surface area (TPSA) is 87.3 Å². The number of aromatic amines is 1. The summed E-state index contributed by atoms with van der Waals surface area (Å²) in [6.45, 7) is 7.56. The number of aryl methyl sites for hydroxylation is 3. The normalized spacial score (nSPS) is 13.3. The van der Waals surface area contributed by atoms with E-state index in [0.29, 0.717) is 28.5 Å². The molecule has 0 atom stereocenters. The minimum atomic E-state index is -0.332. The number of carbonyl (C=O) groups excluding carboxylic acids is 2. The second kappa shape index (κ2) is 11.2. The van der Waals surface area contributed by atoms with Crippen LogP contribution in [0, 0.1) is 20.8 Å². The van der Waals surface area contributed by atoms with Crippen molar-refractivity contribution in [3.05, 3.63) is 88.7 Å². The molecule has 0 radical (unpaired) electrons. The first-order chi connectivity index (χ1) is 18.9. The number of piperidine rings is 1. The number of H-pyrrole nitrogens is 1. The van der Waals surface area contributed by atoms with Gasteiger partial charge in [-0.15, -0.1) is 0 Å². The smallest absolute Gasteiger partial charge is 0.276 e. The van der Waals surface area contributed by atoms with Crippen LogP contribution >= 0.6 is 0 Å². The highest BCUT2D eigenvalue weighted by molar-refractivity contribution is 6.05. The standard InChI is InChI=1S/C32H34N4O3/c1-20-10-8-11-21(2)28(20)26-19-23(14-15-27(26)39-4)30-33-22(3)29(35-30)31(37)34-25-13-9-12-24(18-25)32(38)36-16-6-5-7-17-36/h8-15,18-19H,5-7,16-17H2,1-4H3,(H,33,35)(H,34,37). The third kappa shape index (κ3) is 5.43. The van der Waals surface area contributed by atoms with Gasteiger partial charge in [-0.05, 0) is 93.1 Å². The summed E-state index contributed by atoms with van der Waals surface area (Å²) in [4.78, 5) is 36.0. The molecule has 1 aliphatic heterocycles. The van der Waals surface area contributed by atoms with Crippen molar-refractivity contribution in [2.75, 3.05) is 25.5 Å². The predicted molar refractivity (Wildman–Crippen MR) is 154 cm³/mol. The predicted octanol–water partition coefficient (Wildman–Crippen LogP) is 6.56. The first kappa shape index (κ1) is 26.2. The molecule has 1 aromatic heterocycles. The van der Waals surface area contributed by atoms with Crippen LogP contribution in [-0.2, 0) is 0 Å². The number of likely N-dealkylation sites (tertiary alicyclic amines) is 1. The summed E-state index contributed by atoms with van der Waals surface area (Å²) in [6.07, 6.45) is 3.22. The lowest BCUT2D eigenvalue weighted by Gasteiger charge is -2.26. The van der Waals surface area contributed by atoms with Crippen LogP contribution in [-0.4, -0.2) is 46.9 Å². The SMILES string of the molecule is COc1ccc(-c2nc(C(=O)Nc3cccc(C(=O)N4CCCCC4)c3)c(C)[nH]2)cc1-c1c(C)cccc1C. The van der Waals surface area contributed by atoms with Crippen molar-refractivity contribution in [3.63, 3.8) is 0 Å². The van der Waals surface area contributed by atoms with Gasteiger partial charge in [-0.25, -0.2) is 4.98 Å². The van der Waals surface area contributed by atoms with Crippen LogP contribution in [0.2, 0.25) is 0 Å². The van der Waals surface area contributed by atoms with Crippen molar-refractivity contribution < 1.29 is 14.3 Å². The van der Waals surface area contributed by atoms with E-state index in [-0.39, 0.29) is 11.8 Å². The van der Waals surface area contributed by atoms with E-state index in [4.69, 9.17) is 4.74 Å². The molecule has 0 saturated carbocycles. The summed E-state index contributed by atoms with van der Waals surface area (Å²) in [7, 11) is 1.67. The monoisotopic (exact) mass is 522 g/mol. The van der Waals surface area contributed by atoms with Gasteiger partial charge >= 0.3 is 0 Å². The summed E-state index contributed by atoms with van der Waals surface area (Å²) < 4.78 is 5.68. The Kier molecular flexibility index (Phi) is 7.50. The lowest BCUT2D eigenvalue weighted by atomic mass is 9.94. The van der Waals surface area contributed by atoms with Gasteiger partial charge in [0.15, 0.2) is 0 Å². The molecule has 2 heterocycles. The van der Waals surface area contributed by atoms with E-state index in [1.807, 2.05) is 36.1 Å². The Bertz CT molecular complexity index is 1510. The van der Waals surface area contributed by atoms with Crippen molar-refractivity contribution in [2.45, 2.75) is 40.0 Å². The Hall–Kier alpha value is -4.39. The van der Waals surface area contributed by atoms with Gasteiger partial charge in [0.05, 0.1) is 7.11 Å². The van der Waals surface area contributed by atoms with E-state index in [1.54, 1.807) is 31.4 Å². The van der Waals surface area contributed by atoms with E-state index < -0.39 is 0 Å². The molecule has 39 heavy (non-hydrogen) atoms. The van der Waals surface area contributed by atoms with Gasteiger partial charge in [0.2, 0.25) is 0 Å². The van der Waals surface area contributed by atoms with Gasteiger partial charge in [0.1, 0.15) is 17.3 Å². The van der Waals surface area contributed by atoms with Crippen molar-refractivity contribution in [1.82, 2.24) is 14.9 Å². The molecule has 4 aromatic rings. The van der Waals surface area contributed by atoms with Crippen LogP contribution in [0.15, 0.2) is 60.7 Å². The molecule has 200 valence electrons. The number of rotatable bonds is 6. The minimum Gasteiger partial charge on any atom is -0.496 e. The fraction of sp³-hybridized carbons (Fsp3) is 0.281. The Morgan fingerprint density at radius 1 is 0.923 bits per heavy atom. The molecular formula is C32H34N4O3. The molecule has 5 rings (SSSR count). The number of aromatic nitrogens is 2. The number of nitrogens with zero attached hydrogens (tertiary/aromatic N) is 2. The first-order valence-corrected chi connectivity index (χ1v) is 13.4. The Balaban J connectivity index is 1.40. The zero-order valence-corrected chi connectivity index (χ0v) is 22.9. The number of methoxy groups -OCH3 is 1. The number of ether oxygens (including phenoxy) is 1. The molecule has 1 saturated heterocycles. The van der Waals surface area contributed by atoms with Crippen LogP contribution in [0.4, 0.5) is 5.69 Å². The maximum atomic E-state index is 13.2. The fourth-order valence-corrected chi connectivity index (χ4v) is 5.31. The van der Waals surface area contributed by atoms with E-state index >= 15 is 0 Å². The highest BCUT2D eigenvalue weighted by Gasteiger charge is 2.21. The quantitative estimate of drug-likeness (QED) is 0.300. The van der Waals surface area contributed by atoms with Gasteiger partial charge in [-0.2, -0.15) is 0 Å². The molecule has 0 unspecified atom stereocenters. The molecule has 1 aliphatic rings. The van der Waals surface area contributed by atoms with Gasteiger partial charge < -0.3 is 19.9 Å². The molecule has 7 heteroatoms. The molecule has 0 spiro atoms. The number of hydrogen-bond acceptors (Lipinski definition) is 4. The number of carbonyl (C=O) groups is 2. The van der Waals surface area contributed by atoms with E-state index in [1.165, 1.54) is 0 Å². The average molecular weight is 523 g/mol. The summed E-state index contributed by atoms with van der Waals surface area (Å²) in [6, 6.07) is 19.2. The van der Waals surface area contributed by atoms with Gasteiger partial charge in [-0.3, -0.25) is 9.59 Å². The van der Waals surface area contributed by atoms with Crippen molar-refractivity contribution in [3.8, 4) is 28.3 Å². The van der Waals surface area contributed by atoms with Gasteiger partial charge in [-0.1, -0.05) is 24.3 Å². The fourth-order valence-electron chi connectivity index (χ4n) is 5.31. The Morgan fingerprint density at radius 2 is 1.64 bits per heavy atom. The molecule has 0 aliphatic carbocycles. The maximum Gasteiger partial charge on any atom is 0.276 e. The second-order valence-corrected chi connectivity index (χ2v) is 10.1. The van der Waals surface area contributed by atoms with Crippen LogP contribution < -0.4 is 10.1 Å². The van der Waals surface area contributed by atoms with Crippen molar-refractivity contribution in [1.29, 1.82) is 0 Å². The second-order valence-electron chi connectivity index (χ2n) is 10.1. The summed E-state index contributed by atoms with van der Waals surface area (Å²) in [5.41, 5.74) is 7.36. The number of imidazole rings is 1. The van der Waals surface area contributed by atoms with Crippen molar-refractivity contribution >= 4 is 17.5 Å². The van der Waals surface area contributed by atoms with Crippen LogP contribution in [0.3, 0.4) is 0 Å². The summed E-state index contributed by atoms with van der Waals surface area (Å²) in [5.74, 6) is 1.04. The molecule has 2 amide bonds. The number of anilines is 1. The zero-order valence-electron chi connectivity index (χ0n) is 22.9. The third-order valence-electron chi connectivity index (χ3n) is 7.33. The molecule has 1 fully saturated rings. The highest BCUT2D eigenvalue weighted by atomic mass is 16.5. The number of benzene rings is 3. The van der Waals surface area contributed by atoms with Gasteiger partial charge in [0.25, 0.3) is 11.8 Å². The number of nitrogens with one attached hydrogen (secondary N) is 2. The van der Waals surface area contributed by atoms with Gasteiger partial charge in [0, 0.05) is 41.2 Å². The van der Waals surface area contributed by atoms with Crippen LogP contribution in [0.5, 0.6) is 5.75 Å². The molecule has 7 nitrogen and oxygen atoms in total. The molecule has 0 bridgehead atoms. The first-order valence-electron chi connectivity index (χ1n) is 13.4. The average Bonchev–Trinajstić information content (AvgIpc) is 3.35.